The number of aliphatic hydroxyl groups is 10. The van der Waals surface area contributed by atoms with Gasteiger partial charge < -0.3 is 93.7 Å². The molecular formula is C58H84O22. The fraction of sp³-hybridized carbons (Fsp3) is 0.776. The average Bonchev–Trinajstić information content (AvgIpc) is 3.61. The lowest BCUT2D eigenvalue weighted by atomic mass is 9.33. The summed E-state index contributed by atoms with van der Waals surface area (Å²) in [6, 6.07) is 4.43. The van der Waals surface area contributed by atoms with Gasteiger partial charge in [0.1, 0.15) is 60.4 Å². The summed E-state index contributed by atoms with van der Waals surface area (Å²) < 4.78 is 51.5. The zero-order valence-corrected chi connectivity index (χ0v) is 47.1. The second kappa shape index (κ2) is 22.3. The largest absolute Gasteiger partial charge is 0.493 e. The summed E-state index contributed by atoms with van der Waals surface area (Å²) in [5.74, 6) is -2.69. The van der Waals surface area contributed by atoms with Crippen LogP contribution in [0.3, 0.4) is 0 Å². The van der Waals surface area contributed by atoms with Gasteiger partial charge in [-0.2, -0.15) is 0 Å². The van der Waals surface area contributed by atoms with Gasteiger partial charge in [0.25, 0.3) is 0 Å². The lowest BCUT2D eigenvalue weighted by Crippen LogP contribution is -2.68. The first kappa shape index (κ1) is 60.7. The van der Waals surface area contributed by atoms with E-state index in [2.05, 4.69) is 54.5 Å². The minimum absolute atomic E-state index is 0.0541. The lowest BCUT2D eigenvalue weighted by Gasteiger charge is -2.71. The van der Waals surface area contributed by atoms with Gasteiger partial charge in [-0.1, -0.05) is 66.2 Å². The van der Waals surface area contributed by atoms with Gasteiger partial charge in [0.05, 0.1) is 39.6 Å². The summed E-state index contributed by atoms with van der Waals surface area (Å²) in [5, 5.41) is 108. The summed E-state index contributed by atoms with van der Waals surface area (Å²) in [6.07, 6.45) is -13.8. The van der Waals surface area contributed by atoms with E-state index in [0.29, 0.717) is 31.2 Å². The topological polar surface area (TPSA) is 337 Å². The average molecular weight is 1130 g/mol. The van der Waals surface area contributed by atoms with Crippen molar-refractivity contribution in [2.75, 3.05) is 27.4 Å². The standard InChI is InChI=1S/C58H84O22/c1-53(2)20-21-58(52(71)80-51-47(39(63)30(60)26-74-51)78-38(62)15-11-27-10-13-31(32(22-27)72-8)75-49-44(68)41(65)40(64)33(25-59)76-49)29(23-53)28-12-14-35-55(5)18-17-37(77-50-45(69)42(66)43(67)46(79-50)48(70)73-9)54(3,4)34(55)16-19-56(35,6)57(28,7)24-36(58)61/h10-13,15,22,29-30,33-37,39-47,49-51,59-61,63-69H,14,16-21,23-26H2,1-9H3/b15-11+/t29-,30+,33+,34-,35+,36+,37-,39-,40+,41-,42-,43-,44+,45+,46-,47+,49+,50+,51-,55-,56+,57+,58+/m0/s1. The van der Waals surface area contributed by atoms with Gasteiger partial charge in [0.2, 0.25) is 12.6 Å². The Balaban J connectivity index is 0.921. The molecule has 3 heterocycles. The molecule has 3 aliphatic heterocycles. The van der Waals surface area contributed by atoms with E-state index in [1.165, 1.54) is 31.4 Å². The Kier molecular flexibility index (Phi) is 16.9. The number of methoxy groups -OCH3 is 2. The second-order valence-electron chi connectivity index (χ2n) is 26.0. The van der Waals surface area contributed by atoms with Crippen molar-refractivity contribution in [2.45, 2.75) is 204 Å². The Bertz CT molecular complexity index is 2520. The van der Waals surface area contributed by atoms with Gasteiger partial charge in [-0.15, -0.1) is 0 Å². The van der Waals surface area contributed by atoms with Crippen molar-refractivity contribution in [2.24, 2.45) is 50.2 Å². The van der Waals surface area contributed by atoms with Gasteiger partial charge in [-0.3, -0.25) is 4.79 Å². The highest BCUT2D eigenvalue weighted by molar-refractivity contribution is 5.87. The number of esters is 3. The maximum atomic E-state index is 15.3. The maximum Gasteiger partial charge on any atom is 0.337 e. The van der Waals surface area contributed by atoms with Crippen LogP contribution in [0.5, 0.6) is 11.5 Å². The molecule has 4 saturated carbocycles. The molecule has 9 rings (SSSR count). The van der Waals surface area contributed by atoms with E-state index in [1.807, 2.05) is 0 Å². The van der Waals surface area contributed by atoms with Crippen molar-refractivity contribution in [3.8, 4) is 11.5 Å². The van der Waals surface area contributed by atoms with Crippen LogP contribution >= 0.6 is 0 Å². The minimum Gasteiger partial charge on any atom is -0.493 e. The van der Waals surface area contributed by atoms with Crippen molar-refractivity contribution in [1.82, 2.24) is 0 Å². The number of allylic oxidation sites excluding steroid dienone is 2. The van der Waals surface area contributed by atoms with Crippen molar-refractivity contribution in [3.63, 3.8) is 0 Å². The summed E-state index contributed by atoms with van der Waals surface area (Å²) >= 11 is 0. The lowest BCUT2D eigenvalue weighted by molar-refractivity contribution is -0.324. The molecule has 0 radical (unpaired) electrons. The summed E-state index contributed by atoms with van der Waals surface area (Å²) in [7, 11) is 2.48. The highest BCUT2D eigenvalue weighted by Gasteiger charge is 2.72. The number of carbonyl (C=O) groups is 3. The first-order valence-corrected chi connectivity index (χ1v) is 28.1. The Morgan fingerprint density at radius 1 is 0.725 bits per heavy atom. The van der Waals surface area contributed by atoms with Crippen LogP contribution in [0.4, 0.5) is 0 Å². The van der Waals surface area contributed by atoms with Crippen LogP contribution in [-0.4, -0.2) is 195 Å². The molecule has 7 fully saturated rings. The van der Waals surface area contributed by atoms with Crippen LogP contribution in [0.25, 0.3) is 6.08 Å². The molecule has 448 valence electrons. The number of hydrogen-bond donors (Lipinski definition) is 10. The van der Waals surface area contributed by atoms with Gasteiger partial charge in [-0.25, -0.2) is 9.59 Å². The van der Waals surface area contributed by atoms with E-state index in [0.717, 1.165) is 38.0 Å². The fourth-order valence-corrected chi connectivity index (χ4v) is 16.1. The third-order valence-corrected chi connectivity index (χ3v) is 20.9. The summed E-state index contributed by atoms with van der Waals surface area (Å²) in [5.41, 5.74) is -1.83. The number of benzene rings is 1. The number of carbonyl (C=O) groups excluding carboxylic acids is 3. The van der Waals surface area contributed by atoms with Crippen LogP contribution in [0.2, 0.25) is 0 Å². The third-order valence-electron chi connectivity index (χ3n) is 20.9. The molecule has 10 N–H and O–H groups in total. The van der Waals surface area contributed by atoms with E-state index < -0.39 is 152 Å². The smallest absolute Gasteiger partial charge is 0.337 e. The second-order valence-corrected chi connectivity index (χ2v) is 26.0. The molecule has 0 spiro atoms. The van der Waals surface area contributed by atoms with E-state index in [-0.39, 0.29) is 52.4 Å². The molecule has 5 aliphatic carbocycles. The Hall–Kier alpha value is -3.85. The Morgan fingerprint density at radius 2 is 1.43 bits per heavy atom. The van der Waals surface area contributed by atoms with Crippen LogP contribution in [-0.2, 0) is 47.5 Å². The summed E-state index contributed by atoms with van der Waals surface area (Å²) in [4.78, 5) is 41.3. The van der Waals surface area contributed by atoms with Crippen molar-refractivity contribution >= 4 is 24.0 Å². The van der Waals surface area contributed by atoms with Crippen LogP contribution in [0.15, 0.2) is 35.9 Å². The van der Waals surface area contributed by atoms with Gasteiger partial charge in [0, 0.05) is 6.08 Å². The molecule has 0 bridgehead atoms. The highest BCUT2D eigenvalue weighted by Crippen LogP contribution is 2.76. The van der Waals surface area contributed by atoms with Gasteiger partial charge in [-0.05, 0) is 126 Å². The van der Waals surface area contributed by atoms with Crippen molar-refractivity contribution in [3.05, 3.63) is 41.5 Å². The predicted octanol–water partition coefficient (Wildman–Crippen LogP) is 1.56. The number of fused-ring (bicyclic) bond motifs is 7. The van der Waals surface area contributed by atoms with E-state index >= 15 is 4.79 Å². The number of rotatable bonds is 12. The zero-order chi connectivity index (χ0) is 58.4. The predicted molar refractivity (Wildman–Crippen MR) is 278 cm³/mol. The molecule has 0 unspecified atom stereocenters. The monoisotopic (exact) mass is 1130 g/mol. The minimum atomic E-state index is -1.73. The van der Waals surface area contributed by atoms with Crippen LogP contribution in [0, 0.1) is 50.2 Å². The van der Waals surface area contributed by atoms with Crippen LogP contribution in [0.1, 0.15) is 112 Å². The van der Waals surface area contributed by atoms with E-state index in [4.69, 9.17) is 42.6 Å². The molecule has 22 heteroatoms. The van der Waals surface area contributed by atoms with E-state index in [1.54, 1.807) is 0 Å². The fourth-order valence-electron chi connectivity index (χ4n) is 16.1. The molecule has 23 atom stereocenters. The molecule has 8 aliphatic rings. The molecular weight excluding hydrogens is 1050 g/mol. The third kappa shape index (κ3) is 10.1. The maximum absolute atomic E-state index is 15.3. The highest BCUT2D eigenvalue weighted by atomic mass is 16.7. The molecule has 1 aromatic rings. The van der Waals surface area contributed by atoms with E-state index in [9.17, 15) is 60.7 Å². The Labute approximate surface area is 465 Å². The molecule has 3 saturated heterocycles. The van der Waals surface area contributed by atoms with Crippen molar-refractivity contribution < 1.29 is 108 Å². The number of aliphatic hydroxyl groups excluding tert-OH is 10. The van der Waals surface area contributed by atoms with Crippen LogP contribution < -0.4 is 9.47 Å². The molecule has 0 aromatic heterocycles. The number of hydrogen-bond acceptors (Lipinski definition) is 22. The first-order chi connectivity index (χ1) is 37.5. The molecule has 1 aromatic carbocycles. The quantitative estimate of drug-likeness (QED) is 0.0467. The first-order valence-electron chi connectivity index (χ1n) is 28.1. The van der Waals surface area contributed by atoms with Gasteiger partial charge in [0.15, 0.2) is 30.0 Å². The molecule has 0 amide bonds. The summed E-state index contributed by atoms with van der Waals surface area (Å²) in [6.45, 7) is 14.4. The van der Waals surface area contributed by atoms with Gasteiger partial charge >= 0.3 is 17.9 Å². The Morgan fingerprint density at radius 3 is 2.11 bits per heavy atom. The number of ether oxygens (including phenoxy) is 9. The zero-order valence-electron chi connectivity index (χ0n) is 47.1. The normalized spacial score (nSPS) is 45.8. The molecule has 80 heavy (non-hydrogen) atoms. The SMILES string of the molecule is COC(=O)[C@H]1O[C@@H](O[C@H]2CC[C@]3(C)[C@H]4CC=C5[C@@H]6CC(C)(C)CC[C@]6(C(=O)O[C@@H]6OC[C@@H](O)[C@H](O)[C@H]6OC(=O)/C=C/c6ccc(O[C@@H]7O[C@H](CO)[C@@H](O)[C@H](O)[C@H]7O)c(OC)c6)[C@H](O)C[C@@]5(C)[C@]4(C)CC[C@H]3C2(C)C)[C@H](O)[C@@H](O)[C@@H]1O. The van der Waals surface area contributed by atoms with Crippen molar-refractivity contribution in [1.29, 1.82) is 0 Å². The molecule has 22 nitrogen and oxygen atoms in total.